The smallest absolute Gasteiger partial charge is 0.322 e. The van der Waals surface area contributed by atoms with Crippen LogP contribution in [0.5, 0.6) is 0 Å². The second-order valence-electron chi connectivity index (χ2n) is 3.74. The minimum absolute atomic E-state index is 0.345. The molecule has 2 heterocycles. The predicted octanol–water partition coefficient (Wildman–Crippen LogP) is 0.660. The zero-order valence-electron chi connectivity index (χ0n) is 8.28. The van der Waals surface area contributed by atoms with Crippen molar-refractivity contribution in [3.63, 3.8) is 0 Å². The van der Waals surface area contributed by atoms with Crippen molar-refractivity contribution in [2.45, 2.75) is 5.54 Å². The maximum atomic E-state index is 11.9. The zero-order valence-corrected chi connectivity index (χ0v) is 8.28. The van der Waals surface area contributed by atoms with Crippen molar-refractivity contribution in [2.24, 2.45) is 0 Å². The third-order valence-corrected chi connectivity index (χ3v) is 2.82. The van der Waals surface area contributed by atoms with Crippen LogP contribution in [0.3, 0.4) is 0 Å². The summed E-state index contributed by atoms with van der Waals surface area (Å²) in [6, 6.07) is 6.91. The zero-order chi connectivity index (χ0) is 11.2. The number of fused-ring (bicyclic) bond motifs is 2. The van der Waals surface area contributed by atoms with E-state index in [-0.39, 0.29) is 5.91 Å². The second kappa shape index (κ2) is 2.85. The quantitative estimate of drug-likeness (QED) is 0.557. The third kappa shape index (κ3) is 0.995. The van der Waals surface area contributed by atoms with Crippen molar-refractivity contribution in [1.29, 1.82) is 0 Å². The first-order chi connectivity index (χ1) is 7.72. The van der Waals surface area contributed by atoms with Crippen molar-refractivity contribution < 1.29 is 9.59 Å². The van der Waals surface area contributed by atoms with Gasteiger partial charge in [0, 0.05) is 17.5 Å². The number of hydrogen-bond acceptors (Lipinski definition) is 3. The van der Waals surface area contributed by atoms with Gasteiger partial charge in [0.1, 0.15) is 0 Å². The molecule has 1 unspecified atom stereocenters. The molecule has 3 amide bonds. The third-order valence-electron chi connectivity index (χ3n) is 2.82. The Hall–Kier alpha value is -2.30. The summed E-state index contributed by atoms with van der Waals surface area (Å²) >= 11 is 0. The molecule has 1 aromatic rings. The van der Waals surface area contributed by atoms with E-state index < -0.39 is 11.6 Å². The van der Waals surface area contributed by atoms with E-state index in [1.807, 2.05) is 24.3 Å². The van der Waals surface area contributed by atoms with Gasteiger partial charge in [0.05, 0.1) is 0 Å². The van der Waals surface area contributed by atoms with Crippen LogP contribution in [0.25, 0.3) is 0 Å². The normalized spacial score (nSPS) is 26.0. The fourth-order valence-corrected chi connectivity index (χ4v) is 2.07. The van der Waals surface area contributed by atoms with Crippen molar-refractivity contribution in [3.8, 4) is 0 Å². The molecule has 3 N–H and O–H groups in total. The van der Waals surface area contributed by atoms with Gasteiger partial charge in [0.15, 0.2) is 5.54 Å². The van der Waals surface area contributed by atoms with E-state index in [0.29, 0.717) is 0 Å². The highest BCUT2D eigenvalue weighted by Crippen LogP contribution is 2.34. The fraction of sp³-hybridized carbons (Fsp3) is 0.0909. The van der Waals surface area contributed by atoms with Crippen LogP contribution in [0.1, 0.15) is 5.56 Å². The lowest BCUT2D eigenvalue weighted by molar-refractivity contribution is -0.122. The van der Waals surface area contributed by atoms with Crippen LogP contribution in [0.2, 0.25) is 0 Å². The maximum Gasteiger partial charge on any atom is 0.322 e. The van der Waals surface area contributed by atoms with Gasteiger partial charge in [-0.25, -0.2) is 4.79 Å². The molecule has 1 spiro atoms. The van der Waals surface area contributed by atoms with Gasteiger partial charge < -0.3 is 10.6 Å². The van der Waals surface area contributed by atoms with Gasteiger partial charge >= 0.3 is 6.03 Å². The molecule has 5 heteroatoms. The van der Waals surface area contributed by atoms with Gasteiger partial charge in [-0.05, 0) is 12.1 Å². The average Bonchev–Trinajstić information content (AvgIpc) is 2.55. The number of carbonyl (C=O) groups excluding carboxylic acids is 2. The molecule has 5 nitrogen and oxygen atoms in total. The Labute approximate surface area is 91.5 Å². The Morgan fingerprint density at radius 3 is 2.69 bits per heavy atom. The Morgan fingerprint density at radius 2 is 1.94 bits per heavy atom. The molecule has 1 saturated heterocycles. The topological polar surface area (TPSA) is 70.2 Å². The highest BCUT2D eigenvalue weighted by Gasteiger charge is 2.47. The van der Waals surface area contributed by atoms with Crippen LogP contribution in [0, 0.1) is 0 Å². The Balaban J connectivity index is 2.22. The largest absolute Gasteiger partial charge is 0.362 e. The summed E-state index contributed by atoms with van der Waals surface area (Å²) in [4.78, 5) is 23.1. The Kier molecular flexibility index (Phi) is 1.60. The second-order valence-corrected chi connectivity index (χ2v) is 3.74. The van der Waals surface area contributed by atoms with Crippen molar-refractivity contribution >= 4 is 17.6 Å². The lowest BCUT2D eigenvalue weighted by Gasteiger charge is -2.28. The molecule has 2 aliphatic heterocycles. The molecule has 0 aliphatic carbocycles. The van der Waals surface area contributed by atoms with Crippen LogP contribution in [0.4, 0.5) is 10.5 Å². The van der Waals surface area contributed by atoms with Gasteiger partial charge in [0.25, 0.3) is 5.91 Å². The van der Waals surface area contributed by atoms with Crippen molar-refractivity contribution in [3.05, 3.63) is 42.1 Å². The summed E-state index contributed by atoms with van der Waals surface area (Å²) in [5, 5.41) is 7.94. The average molecular weight is 215 g/mol. The van der Waals surface area contributed by atoms with E-state index in [1.54, 1.807) is 12.3 Å². The Bertz CT molecular complexity index is 524. The lowest BCUT2D eigenvalue weighted by atomic mass is 9.87. The van der Waals surface area contributed by atoms with Crippen LogP contribution in [-0.4, -0.2) is 11.9 Å². The number of amides is 3. The predicted molar refractivity (Wildman–Crippen MR) is 57.6 cm³/mol. The van der Waals surface area contributed by atoms with E-state index in [1.165, 1.54) is 0 Å². The Morgan fingerprint density at radius 1 is 1.12 bits per heavy atom. The van der Waals surface area contributed by atoms with Gasteiger partial charge in [-0.2, -0.15) is 0 Å². The molecule has 0 saturated carbocycles. The minimum atomic E-state index is -1.06. The van der Waals surface area contributed by atoms with E-state index in [9.17, 15) is 9.59 Å². The van der Waals surface area contributed by atoms with Crippen LogP contribution < -0.4 is 16.0 Å². The highest BCUT2D eigenvalue weighted by molar-refractivity contribution is 6.09. The molecule has 1 aromatic carbocycles. The number of carbonyl (C=O) groups is 2. The van der Waals surface area contributed by atoms with Crippen molar-refractivity contribution in [1.82, 2.24) is 10.6 Å². The lowest BCUT2D eigenvalue weighted by Crippen LogP contribution is -2.43. The molecular formula is C11H9N3O2. The first kappa shape index (κ1) is 8.96. The van der Waals surface area contributed by atoms with Crippen LogP contribution in [-0.2, 0) is 10.3 Å². The van der Waals surface area contributed by atoms with E-state index in [0.717, 1.165) is 11.3 Å². The molecule has 0 radical (unpaired) electrons. The van der Waals surface area contributed by atoms with Gasteiger partial charge in [-0.1, -0.05) is 18.2 Å². The molecule has 0 aromatic heterocycles. The maximum absolute atomic E-state index is 11.9. The molecule has 80 valence electrons. The summed E-state index contributed by atoms with van der Waals surface area (Å²) in [6.07, 6.45) is 3.31. The molecule has 1 fully saturated rings. The standard InChI is InChI=1S/C11H9N3O2/c15-9-11(14-10(16)13-9)5-6-12-8-4-2-1-3-7(8)11/h1-6,12H,(H2,13,14,15,16). The first-order valence-electron chi connectivity index (χ1n) is 4.90. The highest BCUT2D eigenvalue weighted by atomic mass is 16.2. The summed E-state index contributed by atoms with van der Waals surface area (Å²) in [6.45, 7) is 0. The van der Waals surface area contributed by atoms with E-state index in [4.69, 9.17) is 0 Å². The molecular weight excluding hydrogens is 206 g/mol. The number of rotatable bonds is 0. The molecule has 1 atom stereocenters. The molecule has 2 aliphatic rings. The number of imide groups is 1. The van der Waals surface area contributed by atoms with Gasteiger partial charge in [0.2, 0.25) is 0 Å². The fourth-order valence-electron chi connectivity index (χ4n) is 2.07. The van der Waals surface area contributed by atoms with Crippen LogP contribution in [0.15, 0.2) is 36.5 Å². The SMILES string of the molecule is O=C1NC(=O)C2(C=CNc3ccccc32)N1. The first-order valence-corrected chi connectivity index (χ1v) is 4.90. The van der Waals surface area contributed by atoms with Crippen molar-refractivity contribution in [2.75, 3.05) is 5.32 Å². The number of hydrogen-bond donors (Lipinski definition) is 3. The number of benzene rings is 1. The van der Waals surface area contributed by atoms with Crippen LogP contribution >= 0.6 is 0 Å². The summed E-state index contributed by atoms with van der Waals surface area (Å²) in [5.74, 6) is -0.345. The van der Waals surface area contributed by atoms with Gasteiger partial charge in [-0.3, -0.25) is 10.1 Å². The molecule has 16 heavy (non-hydrogen) atoms. The van der Waals surface area contributed by atoms with E-state index in [2.05, 4.69) is 16.0 Å². The van der Waals surface area contributed by atoms with E-state index >= 15 is 0 Å². The summed E-state index contributed by atoms with van der Waals surface area (Å²) < 4.78 is 0. The summed E-state index contributed by atoms with van der Waals surface area (Å²) in [5.41, 5.74) is 0.516. The molecule has 0 bridgehead atoms. The number of urea groups is 1. The molecule has 3 rings (SSSR count). The summed E-state index contributed by atoms with van der Waals surface area (Å²) in [7, 11) is 0. The van der Waals surface area contributed by atoms with Gasteiger partial charge in [-0.15, -0.1) is 0 Å². The minimum Gasteiger partial charge on any atom is -0.362 e. The number of nitrogens with one attached hydrogen (secondary N) is 3. The number of para-hydroxylation sites is 1. The number of anilines is 1. The monoisotopic (exact) mass is 215 g/mol.